The van der Waals surface area contributed by atoms with Crippen LogP contribution in [0.2, 0.25) is 0 Å². The second-order valence-electron chi connectivity index (χ2n) is 5.95. The number of carbonyl (C=O) groups excluding carboxylic acids is 1. The van der Waals surface area contributed by atoms with Crippen molar-refractivity contribution < 1.29 is 4.79 Å². The van der Waals surface area contributed by atoms with Crippen molar-refractivity contribution in [3.05, 3.63) is 45.1 Å². The maximum Gasteiger partial charge on any atom is 0.234 e. The molecule has 0 aliphatic rings. The van der Waals surface area contributed by atoms with Crippen molar-refractivity contribution in [3.63, 3.8) is 0 Å². The van der Waals surface area contributed by atoms with Gasteiger partial charge in [0.05, 0.1) is 5.75 Å². The molecule has 0 radical (unpaired) electrons. The SMILES string of the molecule is CCCc1cc(-c2nnc(SCC(=O)Nc3ccc(Br)cc3)n2CC)cs1. The van der Waals surface area contributed by atoms with Crippen molar-refractivity contribution in [1.29, 1.82) is 0 Å². The topological polar surface area (TPSA) is 59.8 Å². The lowest BCUT2D eigenvalue weighted by Crippen LogP contribution is -2.14. The molecule has 1 amide bonds. The molecule has 0 aliphatic carbocycles. The third kappa shape index (κ3) is 5.21. The van der Waals surface area contributed by atoms with E-state index in [0.29, 0.717) is 5.75 Å². The van der Waals surface area contributed by atoms with Crippen LogP contribution in [0.5, 0.6) is 0 Å². The van der Waals surface area contributed by atoms with Gasteiger partial charge in [-0.3, -0.25) is 4.79 Å². The number of halogens is 1. The van der Waals surface area contributed by atoms with Gasteiger partial charge in [-0.2, -0.15) is 0 Å². The van der Waals surface area contributed by atoms with Crippen LogP contribution in [0.3, 0.4) is 0 Å². The molecule has 0 saturated carbocycles. The highest BCUT2D eigenvalue weighted by Crippen LogP contribution is 2.28. The zero-order chi connectivity index (χ0) is 19.2. The standard InChI is InChI=1S/C19H21BrN4OS2/c1-3-5-16-10-13(11-26-16)18-22-23-19(24(18)4-2)27-12-17(25)21-15-8-6-14(20)7-9-15/h6-11H,3-5,12H2,1-2H3,(H,21,25). The van der Waals surface area contributed by atoms with E-state index < -0.39 is 0 Å². The summed E-state index contributed by atoms with van der Waals surface area (Å²) in [7, 11) is 0. The number of hydrogen-bond acceptors (Lipinski definition) is 5. The molecule has 2 aromatic heterocycles. The molecule has 0 aliphatic heterocycles. The maximum atomic E-state index is 12.2. The highest BCUT2D eigenvalue weighted by molar-refractivity contribution is 9.10. The first kappa shape index (κ1) is 20.1. The molecule has 0 fully saturated rings. The molecule has 0 atom stereocenters. The first-order valence-electron chi connectivity index (χ1n) is 8.80. The number of aromatic nitrogens is 3. The van der Waals surface area contributed by atoms with Gasteiger partial charge in [0.25, 0.3) is 0 Å². The van der Waals surface area contributed by atoms with Crippen molar-refractivity contribution in [2.24, 2.45) is 0 Å². The van der Waals surface area contributed by atoms with Crippen LogP contribution in [0.4, 0.5) is 5.69 Å². The summed E-state index contributed by atoms with van der Waals surface area (Å²) in [5, 5.41) is 14.5. The van der Waals surface area contributed by atoms with Crippen molar-refractivity contribution in [2.75, 3.05) is 11.1 Å². The van der Waals surface area contributed by atoms with E-state index in [1.54, 1.807) is 11.3 Å². The Labute approximate surface area is 175 Å². The molecule has 27 heavy (non-hydrogen) atoms. The van der Waals surface area contributed by atoms with Gasteiger partial charge >= 0.3 is 0 Å². The van der Waals surface area contributed by atoms with Gasteiger partial charge in [0.1, 0.15) is 0 Å². The Morgan fingerprint density at radius 2 is 2.04 bits per heavy atom. The summed E-state index contributed by atoms with van der Waals surface area (Å²) in [6, 6.07) is 9.72. The van der Waals surface area contributed by atoms with Crippen molar-refractivity contribution >= 4 is 50.6 Å². The largest absolute Gasteiger partial charge is 0.325 e. The zero-order valence-corrected chi connectivity index (χ0v) is 18.5. The average molecular weight is 465 g/mol. The van der Waals surface area contributed by atoms with Gasteiger partial charge in [0.15, 0.2) is 11.0 Å². The fourth-order valence-electron chi connectivity index (χ4n) is 2.63. The van der Waals surface area contributed by atoms with Gasteiger partial charge in [-0.15, -0.1) is 21.5 Å². The first-order valence-corrected chi connectivity index (χ1v) is 11.5. The number of nitrogens with one attached hydrogen (secondary N) is 1. The number of anilines is 1. The van der Waals surface area contributed by atoms with Crippen LogP contribution < -0.4 is 5.32 Å². The molecule has 5 nitrogen and oxygen atoms in total. The molecular formula is C19H21BrN4OS2. The van der Waals surface area contributed by atoms with Gasteiger partial charge in [-0.1, -0.05) is 41.0 Å². The molecule has 8 heteroatoms. The fourth-order valence-corrected chi connectivity index (χ4v) is 4.67. The quantitative estimate of drug-likeness (QED) is 0.448. The predicted molar refractivity (Wildman–Crippen MR) is 116 cm³/mol. The van der Waals surface area contributed by atoms with E-state index >= 15 is 0 Å². The summed E-state index contributed by atoms with van der Waals surface area (Å²) < 4.78 is 3.05. The van der Waals surface area contributed by atoms with Gasteiger partial charge in [-0.05, 0) is 43.7 Å². The Bertz CT molecular complexity index is 905. The molecule has 142 valence electrons. The normalized spacial score (nSPS) is 10.9. The highest BCUT2D eigenvalue weighted by atomic mass is 79.9. The Morgan fingerprint density at radius 1 is 1.26 bits per heavy atom. The Morgan fingerprint density at radius 3 is 2.74 bits per heavy atom. The van der Waals surface area contributed by atoms with Crippen LogP contribution in [0, 0.1) is 0 Å². The van der Waals surface area contributed by atoms with Crippen LogP contribution in [-0.2, 0) is 17.8 Å². The van der Waals surface area contributed by atoms with Gasteiger partial charge in [0.2, 0.25) is 5.91 Å². The van der Waals surface area contributed by atoms with Crippen LogP contribution in [0.1, 0.15) is 25.1 Å². The summed E-state index contributed by atoms with van der Waals surface area (Å²) in [6.45, 7) is 5.01. The van der Waals surface area contributed by atoms with E-state index in [9.17, 15) is 4.79 Å². The second kappa shape index (κ2) is 9.52. The first-order chi connectivity index (χ1) is 13.1. The number of benzene rings is 1. The third-order valence-electron chi connectivity index (χ3n) is 3.90. The smallest absolute Gasteiger partial charge is 0.234 e. The fraction of sp³-hybridized carbons (Fsp3) is 0.316. The number of amides is 1. The van der Waals surface area contributed by atoms with E-state index in [4.69, 9.17) is 0 Å². The summed E-state index contributed by atoms with van der Waals surface area (Å²) in [5.74, 6) is 1.10. The molecule has 1 aromatic carbocycles. The lowest BCUT2D eigenvalue weighted by Gasteiger charge is -2.07. The van der Waals surface area contributed by atoms with Crippen LogP contribution in [-0.4, -0.2) is 26.4 Å². The minimum atomic E-state index is -0.0599. The second-order valence-corrected chi connectivity index (χ2v) is 8.80. The molecular weight excluding hydrogens is 444 g/mol. The van der Waals surface area contributed by atoms with E-state index in [0.717, 1.165) is 46.1 Å². The number of carbonyl (C=O) groups is 1. The lowest BCUT2D eigenvalue weighted by atomic mass is 10.2. The minimum absolute atomic E-state index is 0.0599. The molecule has 1 N–H and O–H groups in total. The Hall–Kier alpha value is -1.64. The monoisotopic (exact) mass is 464 g/mol. The molecule has 0 saturated heterocycles. The van der Waals surface area contributed by atoms with Crippen LogP contribution in [0.15, 0.2) is 45.3 Å². The number of aryl methyl sites for hydroxylation is 1. The van der Waals surface area contributed by atoms with E-state index in [2.05, 4.69) is 61.3 Å². The number of rotatable bonds is 8. The number of thiophene rings is 1. The molecule has 0 unspecified atom stereocenters. The van der Waals surface area contributed by atoms with Crippen LogP contribution in [0.25, 0.3) is 11.4 Å². The maximum absolute atomic E-state index is 12.2. The van der Waals surface area contributed by atoms with Gasteiger partial charge < -0.3 is 9.88 Å². The minimum Gasteiger partial charge on any atom is -0.325 e. The summed E-state index contributed by atoms with van der Waals surface area (Å²) in [4.78, 5) is 13.6. The molecule has 2 heterocycles. The van der Waals surface area contributed by atoms with E-state index in [-0.39, 0.29) is 5.91 Å². The van der Waals surface area contributed by atoms with Gasteiger partial charge in [-0.25, -0.2) is 0 Å². The average Bonchev–Trinajstić information content (AvgIpc) is 3.28. The zero-order valence-electron chi connectivity index (χ0n) is 15.2. The van der Waals surface area contributed by atoms with Crippen molar-refractivity contribution in [3.8, 4) is 11.4 Å². The molecule has 3 rings (SSSR count). The predicted octanol–water partition coefficient (Wildman–Crippen LogP) is 5.47. The highest BCUT2D eigenvalue weighted by Gasteiger charge is 2.16. The Balaban J connectivity index is 1.65. The Kier molecular flexibility index (Phi) is 7.09. The molecule has 0 bridgehead atoms. The van der Waals surface area contributed by atoms with Crippen LogP contribution >= 0.6 is 39.0 Å². The van der Waals surface area contributed by atoms with Gasteiger partial charge in [0, 0.05) is 32.5 Å². The third-order valence-corrected chi connectivity index (χ3v) is 6.39. The molecule has 0 spiro atoms. The summed E-state index contributed by atoms with van der Waals surface area (Å²) >= 11 is 6.56. The van der Waals surface area contributed by atoms with Crippen molar-refractivity contribution in [2.45, 2.75) is 38.4 Å². The number of thioether (sulfide) groups is 1. The molecule has 3 aromatic rings. The number of nitrogens with zero attached hydrogens (tertiary/aromatic N) is 3. The lowest BCUT2D eigenvalue weighted by molar-refractivity contribution is -0.113. The van der Waals surface area contributed by atoms with Crippen molar-refractivity contribution in [1.82, 2.24) is 14.8 Å². The summed E-state index contributed by atoms with van der Waals surface area (Å²) in [6.07, 6.45) is 2.22. The summed E-state index contributed by atoms with van der Waals surface area (Å²) in [5.41, 5.74) is 1.88. The van der Waals surface area contributed by atoms with E-state index in [1.165, 1.54) is 16.6 Å². The number of hydrogen-bond donors (Lipinski definition) is 1. The van der Waals surface area contributed by atoms with E-state index in [1.807, 2.05) is 24.3 Å².